The summed E-state index contributed by atoms with van der Waals surface area (Å²) in [6.45, 7) is 3.68. The van der Waals surface area contributed by atoms with Gasteiger partial charge in [-0.15, -0.1) is 0 Å². The second-order valence-electron chi connectivity index (χ2n) is 4.16. The molecule has 0 saturated carbocycles. The number of rotatable bonds is 4. The van der Waals surface area contributed by atoms with E-state index < -0.39 is 15.7 Å². The van der Waals surface area contributed by atoms with Gasteiger partial charge in [-0.3, -0.25) is 0 Å². The van der Waals surface area contributed by atoms with Crippen molar-refractivity contribution < 1.29 is 12.8 Å². The van der Waals surface area contributed by atoms with Crippen LogP contribution in [0.4, 0.5) is 4.39 Å². The highest BCUT2D eigenvalue weighted by atomic mass is 32.2. The van der Waals surface area contributed by atoms with Crippen LogP contribution in [0.3, 0.4) is 0 Å². The van der Waals surface area contributed by atoms with Gasteiger partial charge in [-0.2, -0.15) is 0 Å². The van der Waals surface area contributed by atoms with Gasteiger partial charge in [-0.1, -0.05) is 43.0 Å². The van der Waals surface area contributed by atoms with E-state index in [-0.39, 0.29) is 21.8 Å². The van der Waals surface area contributed by atoms with Crippen molar-refractivity contribution >= 4 is 15.4 Å². The van der Waals surface area contributed by atoms with Gasteiger partial charge in [-0.25, -0.2) is 12.8 Å². The highest BCUT2D eigenvalue weighted by Crippen LogP contribution is 2.21. The third-order valence-corrected chi connectivity index (χ3v) is 4.44. The molecule has 0 aliphatic heterocycles. The molecule has 0 heterocycles. The second-order valence-corrected chi connectivity index (χ2v) is 6.15. The van der Waals surface area contributed by atoms with E-state index in [0.29, 0.717) is 0 Å². The minimum atomic E-state index is -3.49. The third kappa shape index (κ3) is 3.09. The molecule has 98 valence electrons. The van der Waals surface area contributed by atoms with Crippen molar-refractivity contribution in [2.24, 2.45) is 0 Å². The third-order valence-electron chi connectivity index (χ3n) is 2.72. The average molecular weight is 276 g/mol. The minimum Gasteiger partial charge on any atom is -0.223 e. The standard InChI is InChI=1S/C15H13FO2S/c1-12(14-9-5-6-10-15(14)16)11-19(17,18)13-7-3-2-4-8-13/h2-10H,1,11H2. The maximum Gasteiger partial charge on any atom is 0.182 e. The quantitative estimate of drug-likeness (QED) is 0.858. The molecule has 0 unspecified atom stereocenters. The SMILES string of the molecule is C=C(CS(=O)(=O)c1ccccc1)c1ccccc1F. The van der Waals surface area contributed by atoms with Crippen molar-refractivity contribution in [2.75, 3.05) is 5.75 Å². The van der Waals surface area contributed by atoms with Crippen LogP contribution in [0, 0.1) is 5.82 Å². The van der Waals surface area contributed by atoms with Crippen LogP contribution >= 0.6 is 0 Å². The van der Waals surface area contributed by atoms with Gasteiger partial charge in [0, 0.05) is 5.56 Å². The first-order valence-electron chi connectivity index (χ1n) is 5.71. The molecule has 0 saturated heterocycles. The fourth-order valence-electron chi connectivity index (χ4n) is 1.77. The molecule has 19 heavy (non-hydrogen) atoms. The van der Waals surface area contributed by atoms with Crippen LogP contribution in [0.1, 0.15) is 5.56 Å². The minimum absolute atomic E-state index is 0.215. The summed E-state index contributed by atoms with van der Waals surface area (Å²) in [6, 6.07) is 14.1. The Morgan fingerprint density at radius 2 is 1.58 bits per heavy atom. The lowest BCUT2D eigenvalue weighted by atomic mass is 10.1. The second kappa shape index (κ2) is 5.36. The predicted molar refractivity (Wildman–Crippen MR) is 73.9 cm³/mol. The van der Waals surface area contributed by atoms with E-state index in [9.17, 15) is 12.8 Å². The summed E-state index contributed by atoms with van der Waals surface area (Å²) in [5.41, 5.74) is 0.490. The predicted octanol–water partition coefficient (Wildman–Crippen LogP) is 3.31. The fraction of sp³-hybridized carbons (Fsp3) is 0.0667. The molecular formula is C15H13FO2S. The number of hydrogen-bond acceptors (Lipinski definition) is 2. The van der Waals surface area contributed by atoms with Crippen LogP contribution in [0.5, 0.6) is 0 Å². The zero-order valence-electron chi connectivity index (χ0n) is 10.2. The molecule has 0 spiro atoms. The Kier molecular flexibility index (Phi) is 3.81. The van der Waals surface area contributed by atoms with Crippen LogP contribution in [0.15, 0.2) is 66.1 Å². The number of hydrogen-bond donors (Lipinski definition) is 0. The first-order valence-corrected chi connectivity index (χ1v) is 7.36. The normalized spacial score (nSPS) is 11.2. The molecule has 2 aromatic rings. The maximum atomic E-state index is 13.6. The maximum absolute atomic E-state index is 13.6. The summed E-state index contributed by atoms with van der Waals surface area (Å²) in [5, 5.41) is 0. The van der Waals surface area contributed by atoms with Gasteiger partial charge in [0.1, 0.15) is 5.82 Å². The van der Waals surface area contributed by atoms with Gasteiger partial charge in [0.25, 0.3) is 0 Å². The molecule has 2 rings (SSSR count). The summed E-state index contributed by atoms with van der Waals surface area (Å²) in [7, 11) is -3.49. The Morgan fingerprint density at radius 3 is 2.21 bits per heavy atom. The lowest BCUT2D eigenvalue weighted by molar-refractivity contribution is 0.599. The first-order chi connectivity index (χ1) is 9.00. The van der Waals surface area contributed by atoms with Crippen molar-refractivity contribution in [2.45, 2.75) is 4.90 Å². The molecule has 0 aromatic heterocycles. The fourth-order valence-corrected chi connectivity index (χ4v) is 3.12. The van der Waals surface area contributed by atoms with Crippen LogP contribution in [0.25, 0.3) is 5.57 Å². The lowest BCUT2D eigenvalue weighted by Crippen LogP contribution is -2.08. The summed E-state index contributed by atoms with van der Waals surface area (Å²) < 4.78 is 37.8. The van der Waals surface area contributed by atoms with E-state index in [1.165, 1.54) is 24.3 Å². The smallest absolute Gasteiger partial charge is 0.182 e. The largest absolute Gasteiger partial charge is 0.223 e. The summed E-state index contributed by atoms with van der Waals surface area (Å²) >= 11 is 0. The molecule has 0 aliphatic rings. The molecule has 0 fully saturated rings. The van der Waals surface area contributed by atoms with Crippen LogP contribution < -0.4 is 0 Å². The first kappa shape index (κ1) is 13.5. The van der Waals surface area contributed by atoms with Gasteiger partial charge in [0.05, 0.1) is 10.6 Å². The van der Waals surface area contributed by atoms with Crippen molar-refractivity contribution in [3.63, 3.8) is 0 Å². The number of halogens is 1. The van der Waals surface area contributed by atoms with Gasteiger partial charge in [0.2, 0.25) is 0 Å². The average Bonchev–Trinajstić information content (AvgIpc) is 2.39. The summed E-state index contributed by atoms with van der Waals surface area (Å²) in [4.78, 5) is 0.215. The highest BCUT2D eigenvalue weighted by Gasteiger charge is 2.17. The molecule has 0 aliphatic carbocycles. The van der Waals surface area contributed by atoms with Crippen LogP contribution in [-0.2, 0) is 9.84 Å². The number of benzene rings is 2. The monoisotopic (exact) mass is 276 g/mol. The zero-order chi connectivity index (χ0) is 13.9. The molecule has 4 heteroatoms. The lowest BCUT2D eigenvalue weighted by Gasteiger charge is -2.08. The van der Waals surface area contributed by atoms with Gasteiger partial charge < -0.3 is 0 Å². The molecule has 0 bridgehead atoms. The summed E-state index contributed by atoms with van der Waals surface area (Å²) in [6.07, 6.45) is 0. The van der Waals surface area contributed by atoms with E-state index in [1.807, 2.05) is 0 Å². The van der Waals surface area contributed by atoms with Crippen molar-refractivity contribution in [1.29, 1.82) is 0 Å². The molecule has 0 amide bonds. The molecule has 0 radical (unpaired) electrons. The zero-order valence-corrected chi connectivity index (χ0v) is 11.0. The Hall–Kier alpha value is -1.94. The van der Waals surface area contributed by atoms with Crippen molar-refractivity contribution in [3.05, 3.63) is 72.6 Å². The molecule has 0 N–H and O–H groups in total. The van der Waals surface area contributed by atoms with E-state index in [2.05, 4.69) is 6.58 Å². The molecular weight excluding hydrogens is 263 g/mol. The summed E-state index contributed by atoms with van der Waals surface area (Å²) in [5.74, 6) is -0.756. The topological polar surface area (TPSA) is 34.1 Å². The van der Waals surface area contributed by atoms with E-state index in [4.69, 9.17) is 0 Å². The van der Waals surface area contributed by atoms with Crippen LogP contribution in [0.2, 0.25) is 0 Å². The van der Waals surface area contributed by atoms with E-state index in [1.54, 1.807) is 30.3 Å². The van der Waals surface area contributed by atoms with E-state index >= 15 is 0 Å². The van der Waals surface area contributed by atoms with Gasteiger partial charge >= 0.3 is 0 Å². The van der Waals surface area contributed by atoms with Gasteiger partial charge in [-0.05, 0) is 23.8 Å². The Morgan fingerprint density at radius 1 is 1.00 bits per heavy atom. The molecule has 0 atom stereocenters. The number of sulfone groups is 1. The van der Waals surface area contributed by atoms with Crippen molar-refractivity contribution in [3.8, 4) is 0 Å². The Labute approximate surface area is 112 Å². The molecule has 2 nitrogen and oxygen atoms in total. The van der Waals surface area contributed by atoms with Crippen molar-refractivity contribution in [1.82, 2.24) is 0 Å². The molecule has 2 aromatic carbocycles. The highest BCUT2D eigenvalue weighted by molar-refractivity contribution is 7.91. The Bertz CT molecular complexity index is 691. The Balaban J connectivity index is 2.27. The van der Waals surface area contributed by atoms with E-state index in [0.717, 1.165) is 0 Å². The van der Waals surface area contributed by atoms with Gasteiger partial charge in [0.15, 0.2) is 9.84 Å². The van der Waals surface area contributed by atoms with Crippen LogP contribution in [-0.4, -0.2) is 14.2 Å².